The summed E-state index contributed by atoms with van der Waals surface area (Å²) >= 11 is 0. The Morgan fingerprint density at radius 1 is 1.70 bits per heavy atom. The summed E-state index contributed by atoms with van der Waals surface area (Å²) in [7, 11) is 0. The number of nitrogens with two attached hydrogens (primary N) is 1. The first kappa shape index (κ1) is 7.17. The Balaban J connectivity index is 2.15. The van der Waals surface area contributed by atoms with Gasteiger partial charge >= 0.3 is 0 Å². The molecular weight excluding hydrogens is 132 g/mol. The number of nitrogens with zero attached hydrogens (tertiary/aromatic N) is 2. The van der Waals surface area contributed by atoms with Crippen LogP contribution < -0.4 is 5.73 Å². The molecular formula is C5H10N4O. The highest BCUT2D eigenvalue weighted by molar-refractivity contribution is 4.86. The summed E-state index contributed by atoms with van der Waals surface area (Å²) in [4.78, 5) is 0. The van der Waals surface area contributed by atoms with E-state index >= 15 is 0 Å². The van der Waals surface area contributed by atoms with Gasteiger partial charge in [0.25, 0.3) is 0 Å². The quantitative estimate of drug-likeness (QED) is 0.544. The van der Waals surface area contributed by atoms with E-state index in [0.29, 0.717) is 19.8 Å². The van der Waals surface area contributed by atoms with Gasteiger partial charge in [0.15, 0.2) is 0 Å². The van der Waals surface area contributed by atoms with Crippen LogP contribution in [0.25, 0.3) is 0 Å². The molecule has 0 saturated carbocycles. The van der Waals surface area contributed by atoms with Crippen LogP contribution in [-0.2, 0) is 11.3 Å². The van der Waals surface area contributed by atoms with E-state index in [1.807, 2.05) is 0 Å². The normalized spacial score (nSPS) is 10.1. The highest BCUT2D eigenvalue weighted by Gasteiger charge is 1.91. The second-order valence-electron chi connectivity index (χ2n) is 1.82. The topological polar surface area (TPSA) is 76.8 Å². The molecule has 0 unspecified atom stereocenters. The van der Waals surface area contributed by atoms with E-state index in [-0.39, 0.29) is 0 Å². The summed E-state index contributed by atoms with van der Waals surface area (Å²) in [6.07, 6.45) is 1.62. The van der Waals surface area contributed by atoms with Crippen molar-refractivity contribution >= 4 is 0 Å². The molecule has 0 radical (unpaired) electrons. The van der Waals surface area contributed by atoms with Crippen molar-refractivity contribution in [2.75, 3.05) is 13.2 Å². The third kappa shape index (κ3) is 2.12. The van der Waals surface area contributed by atoms with Gasteiger partial charge in [-0.25, -0.2) is 0 Å². The third-order valence-electron chi connectivity index (χ3n) is 0.985. The number of rotatable bonds is 4. The summed E-state index contributed by atoms with van der Waals surface area (Å²) in [6.45, 7) is 1.62. The second-order valence-corrected chi connectivity index (χ2v) is 1.82. The average molecular weight is 142 g/mol. The molecule has 1 rings (SSSR count). The lowest BCUT2D eigenvalue weighted by atomic mass is 10.5. The van der Waals surface area contributed by atoms with Gasteiger partial charge in [-0.3, -0.25) is 5.10 Å². The molecule has 0 aliphatic rings. The van der Waals surface area contributed by atoms with Crippen molar-refractivity contribution in [1.82, 2.24) is 15.4 Å². The van der Waals surface area contributed by atoms with Gasteiger partial charge in [-0.2, -0.15) is 0 Å². The number of ether oxygens (including phenoxy) is 1. The fraction of sp³-hybridized carbons (Fsp3) is 0.600. The van der Waals surface area contributed by atoms with Crippen molar-refractivity contribution in [1.29, 1.82) is 0 Å². The van der Waals surface area contributed by atoms with Crippen molar-refractivity contribution in [3.05, 3.63) is 11.9 Å². The minimum atomic E-state index is 0.504. The van der Waals surface area contributed by atoms with E-state index in [9.17, 15) is 0 Å². The average Bonchev–Trinajstić information content (AvgIpc) is 2.41. The third-order valence-corrected chi connectivity index (χ3v) is 0.985. The number of aromatic amines is 1. The number of hydrogen-bond donors (Lipinski definition) is 2. The number of nitrogens with one attached hydrogen (secondary N) is 1. The Morgan fingerprint density at radius 3 is 3.20 bits per heavy atom. The van der Waals surface area contributed by atoms with Crippen LogP contribution in [0.2, 0.25) is 0 Å². The molecule has 0 atom stereocenters. The van der Waals surface area contributed by atoms with Gasteiger partial charge < -0.3 is 10.5 Å². The SMILES string of the molecule is NCCOCc1cnn[nH]1. The zero-order chi connectivity index (χ0) is 7.23. The van der Waals surface area contributed by atoms with E-state index < -0.39 is 0 Å². The monoisotopic (exact) mass is 142 g/mol. The minimum Gasteiger partial charge on any atom is -0.374 e. The van der Waals surface area contributed by atoms with Crippen LogP contribution in [-0.4, -0.2) is 28.6 Å². The van der Waals surface area contributed by atoms with Gasteiger partial charge in [0.2, 0.25) is 0 Å². The predicted octanol–water partition coefficient (Wildman–Crippen LogP) is -0.720. The minimum absolute atomic E-state index is 0.504. The second kappa shape index (κ2) is 3.97. The molecule has 1 heterocycles. The molecule has 1 aromatic rings. The van der Waals surface area contributed by atoms with Crippen LogP contribution in [0.4, 0.5) is 0 Å². The summed E-state index contributed by atoms with van der Waals surface area (Å²) in [6, 6.07) is 0. The number of aromatic nitrogens is 3. The summed E-state index contributed by atoms with van der Waals surface area (Å²) < 4.78 is 5.09. The van der Waals surface area contributed by atoms with Crippen LogP contribution in [0.5, 0.6) is 0 Å². The molecule has 0 amide bonds. The van der Waals surface area contributed by atoms with Gasteiger partial charge in [0.05, 0.1) is 25.1 Å². The van der Waals surface area contributed by atoms with Crippen molar-refractivity contribution in [3.63, 3.8) is 0 Å². The highest BCUT2D eigenvalue weighted by atomic mass is 16.5. The van der Waals surface area contributed by atoms with E-state index in [1.165, 1.54) is 0 Å². The molecule has 0 aliphatic carbocycles. The van der Waals surface area contributed by atoms with Crippen LogP contribution in [0.3, 0.4) is 0 Å². The molecule has 10 heavy (non-hydrogen) atoms. The largest absolute Gasteiger partial charge is 0.374 e. The zero-order valence-electron chi connectivity index (χ0n) is 5.58. The Kier molecular flexibility index (Phi) is 2.85. The smallest absolute Gasteiger partial charge is 0.0899 e. The van der Waals surface area contributed by atoms with Crippen molar-refractivity contribution in [3.8, 4) is 0 Å². The van der Waals surface area contributed by atoms with Crippen molar-refractivity contribution in [2.24, 2.45) is 5.73 Å². The fourth-order valence-corrected chi connectivity index (χ4v) is 0.556. The Hall–Kier alpha value is -0.940. The molecule has 0 spiro atoms. The summed E-state index contributed by atoms with van der Waals surface area (Å²) in [5.41, 5.74) is 6.07. The Bertz CT molecular complexity index is 162. The number of hydrogen-bond acceptors (Lipinski definition) is 4. The lowest BCUT2D eigenvalue weighted by Crippen LogP contribution is -2.08. The molecule has 3 N–H and O–H groups in total. The molecule has 5 heteroatoms. The predicted molar refractivity (Wildman–Crippen MR) is 35.1 cm³/mol. The van der Waals surface area contributed by atoms with Gasteiger partial charge in [-0.1, -0.05) is 5.21 Å². The van der Waals surface area contributed by atoms with Crippen LogP contribution >= 0.6 is 0 Å². The molecule has 0 fully saturated rings. The first-order valence-electron chi connectivity index (χ1n) is 3.06. The maximum atomic E-state index is 5.20. The van der Waals surface area contributed by atoms with Crippen molar-refractivity contribution in [2.45, 2.75) is 6.61 Å². The summed E-state index contributed by atoms with van der Waals surface area (Å²) in [5.74, 6) is 0. The van der Waals surface area contributed by atoms with E-state index in [4.69, 9.17) is 10.5 Å². The van der Waals surface area contributed by atoms with Crippen LogP contribution in [0, 0.1) is 0 Å². The summed E-state index contributed by atoms with van der Waals surface area (Å²) in [5, 5.41) is 9.77. The van der Waals surface area contributed by atoms with Crippen LogP contribution in [0.1, 0.15) is 5.69 Å². The molecule has 0 bridgehead atoms. The van der Waals surface area contributed by atoms with E-state index in [1.54, 1.807) is 6.20 Å². The first-order valence-corrected chi connectivity index (χ1v) is 3.06. The van der Waals surface area contributed by atoms with E-state index in [0.717, 1.165) is 5.69 Å². The maximum absolute atomic E-state index is 5.20. The van der Waals surface area contributed by atoms with Gasteiger partial charge in [-0.05, 0) is 0 Å². The van der Waals surface area contributed by atoms with Gasteiger partial charge in [0.1, 0.15) is 0 Å². The van der Waals surface area contributed by atoms with Gasteiger partial charge in [-0.15, -0.1) is 5.10 Å². The molecule has 0 aromatic carbocycles. The molecule has 0 aliphatic heterocycles. The lowest BCUT2D eigenvalue weighted by Gasteiger charge is -1.96. The Labute approximate surface area is 58.6 Å². The molecule has 0 saturated heterocycles. The number of H-pyrrole nitrogens is 1. The standard InChI is InChI=1S/C5H10N4O/c6-1-2-10-4-5-3-7-9-8-5/h3H,1-2,4,6H2,(H,7,8,9). The fourth-order valence-electron chi connectivity index (χ4n) is 0.556. The van der Waals surface area contributed by atoms with Gasteiger partial charge in [0, 0.05) is 6.54 Å². The molecule has 5 nitrogen and oxygen atoms in total. The highest BCUT2D eigenvalue weighted by Crippen LogP contribution is 1.90. The van der Waals surface area contributed by atoms with E-state index in [2.05, 4.69) is 15.4 Å². The molecule has 1 aromatic heterocycles. The molecule has 56 valence electrons. The van der Waals surface area contributed by atoms with Crippen LogP contribution in [0.15, 0.2) is 6.20 Å². The Morgan fingerprint density at radius 2 is 2.60 bits per heavy atom. The van der Waals surface area contributed by atoms with Crippen molar-refractivity contribution < 1.29 is 4.74 Å². The maximum Gasteiger partial charge on any atom is 0.0899 e. The zero-order valence-corrected chi connectivity index (χ0v) is 5.58. The lowest BCUT2D eigenvalue weighted by molar-refractivity contribution is 0.125. The first-order chi connectivity index (χ1) is 4.93.